The van der Waals surface area contributed by atoms with Gasteiger partial charge in [-0.25, -0.2) is 0 Å². The molecule has 1 saturated carbocycles. The minimum absolute atomic E-state index is 0.168. The third kappa shape index (κ3) is 2.83. The fourth-order valence-electron chi connectivity index (χ4n) is 2.01. The van der Waals surface area contributed by atoms with Crippen LogP contribution in [0.5, 0.6) is 0 Å². The summed E-state index contributed by atoms with van der Waals surface area (Å²) in [5.74, 6) is 0.547. The third-order valence-electron chi connectivity index (χ3n) is 3.11. The molecule has 1 atom stereocenters. The molecule has 1 heterocycles. The molecular formula is C12H21N3O. The van der Waals surface area contributed by atoms with E-state index in [-0.39, 0.29) is 6.10 Å². The van der Waals surface area contributed by atoms with E-state index in [0.717, 1.165) is 18.8 Å². The van der Waals surface area contributed by atoms with Gasteiger partial charge in [0.25, 0.3) is 0 Å². The van der Waals surface area contributed by atoms with Crippen LogP contribution in [0.3, 0.4) is 0 Å². The van der Waals surface area contributed by atoms with Crippen LogP contribution in [0.4, 0.5) is 0 Å². The Bertz CT molecular complexity index is 344. The van der Waals surface area contributed by atoms with Gasteiger partial charge in [-0.2, -0.15) is 5.10 Å². The van der Waals surface area contributed by atoms with E-state index in [9.17, 15) is 5.11 Å². The highest BCUT2D eigenvalue weighted by Gasteiger charge is 2.29. The summed E-state index contributed by atoms with van der Waals surface area (Å²) in [4.78, 5) is 0. The Balaban J connectivity index is 1.79. The zero-order valence-corrected chi connectivity index (χ0v) is 10.1. The van der Waals surface area contributed by atoms with Gasteiger partial charge in [0.2, 0.25) is 0 Å². The summed E-state index contributed by atoms with van der Waals surface area (Å²) in [7, 11) is 0. The van der Waals surface area contributed by atoms with Crippen LogP contribution >= 0.6 is 0 Å². The summed E-state index contributed by atoms with van der Waals surface area (Å²) < 4.78 is 2.01. The lowest BCUT2D eigenvalue weighted by atomic mass is 10.2. The molecule has 0 aromatic carbocycles. The molecule has 0 spiro atoms. The first-order valence-corrected chi connectivity index (χ1v) is 6.12. The average Bonchev–Trinajstić information content (AvgIpc) is 3.03. The second-order valence-corrected chi connectivity index (χ2v) is 4.63. The monoisotopic (exact) mass is 223 g/mol. The van der Waals surface area contributed by atoms with Crippen LogP contribution < -0.4 is 5.32 Å². The summed E-state index contributed by atoms with van der Waals surface area (Å²) in [5, 5.41) is 17.4. The molecule has 2 N–H and O–H groups in total. The van der Waals surface area contributed by atoms with Crippen molar-refractivity contribution in [2.75, 3.05) is 6.54 Å². The van der Waals surface area contributed by atoms with E-state index in [4.69, 9.17) is 0 Å². The van der Waals surface area contributed by atoms with Crippen LogP contribution in [0.15, 0.2) is 6.07 Å². The SMILES string of the molecule is CCn1nc(C)cc1CNCC(O)C1CC1. The quantitative estimate of drug-likeness (QED) is 0.758. The van der Waals surface area contributed by atoms with E-state index >= 15 is 0 Å². The number of aliphatic hydroxyl groups excluding tert-OH is 1. The highest BCUT2D eigenvalue weighted by atomic mass is 16.3. The first-order chi connectivity index (χ1) is 7.70. The van der Waals surface area contributed by atoms with Crippen molar-refractivity contribution in [1.82, 2.24) is 15.1 Å². The van der Waals surface area contributed by atoms with E-state index in [0.29, 0.717) is 12.5 Å². The van der Waals surface area contributed by atoms with Crippen molar-refractivity contribution in [3.8, 4) is 0 Å². The number of nitrogens with one attached hydrogen (secondary N) is 1. The van der Waals surface area contributed by atoms with E-state index in [1.165, 1.54) is 18.5 Å². The van der Waals surface area contributed by atoms with Gasteiger partial charge in [-0.3, -0.25) is 4.68 Å². The zero-order valence-electron chi connectivity index (χ0n) is 10.1. The molecule has 4 heteroatoms. The van der Waals surface area contributed by atoms with Crippen molar-refractivity contribution in [2.24, 2.45) is 5.92 Å². The minimum Gasteiger partial charge on any atom is -0.392 e. The smallest absolute Gasteiger partial charge is 0.0692 e. The standard InChI is InChI=1S/C12H21N3O/c1-3-15-11(6-9(2)14-15)7-13-8-12(16)10-4-5-10/h6,10,12-13,16H,3-5,7-8H2,1-2H3. The summed E-state index contributed by atoms with van der Waals surface area (Å²) in [6.07, 6.45) is 2.21. The molecule has 2 rings (SSSR count). The van der Waals surface area contributed by atoms with Gasteiger partial charge in [0.05, 0.1) is 17.5 Å². The molecule has 1 aliphatic rings. The Morgan fingerprint density at radius 2 is 2.38 bits per heavy atom. The Kier molecular flexibility index (Phi) is 3.61. The van der Waals surface area contributed by atoms with E-state index in [1.54, 1.807) is 0 Å². The number of hydrogen-bond donors (Lipinski definition) is 2. The summed E-state index contributed by atoms with van der Waals surface area (Å²) in [5.41, 5.74) is 2.25. The van der Waals surface area contributed by atoms with Crippen molar-refractivity contribution in [3.05, 3.63) is 17.5 Å². The summed E-state index contributed by atoms with van der Waals surface area (Å²) in [6, 6.07) is 2.10. The van der Waals surface area contributed by atoms with Crippen LogP contribution in [0.1, 0.15) is 31.2 Å². The third-order valence-corrected chi connectivity index (χ3v) is 3.11. The average molecular weight is 223 g/mol. The van der Waals surface area contributed by atoms with Gasteiger partial charge in [-0.1, -0.05) is 0 Å². The lowest BCUT2D eigenvalue weighted by molar-refractivity contribution is 0.148. The molecule has 4 nitrogen and oxygen atoms in total. The Hall–Kier alpha value is -0.870. The molecule has 1 fully saturated rings. The number of nitrogens with zero attached hydrogens (tertiary/aromatic N) is 2. The number of rotatable bonds is 6. The van der Waals surface area contributed by atoms with Crippen LogP contribution in [-0.2, 0) is 13.1 Å². The highest BCUT2D eigenvalue weighted by molar-refractivity contribution is 5.08. The molecule has 0 aliphatic heterocycles. The maximum absolute atomic E-state index is 9.71. The van der Waals surface area contributed by atoms with E-state index in [2.05, 4.69) is 23.4 Å². The highest BCUT2D eigenvalue weighted by Crippen LogP contribution is 2.32. The molecule has 1 aromatic heterocycles. The normalized spacial score (nSPS) is 17.7. The maximum atomic E-state index is 9.71. The predicted molar refractivity (Wildman–Crippen MR) is 63.1 cm³/mol. The van der Waals surface area contributed by atoms with Crippen molar-refractivity contribution in [2.45, 2.75) is 45.9 Å². The lowest BCUT2D eigenvalue weighted by Crippen LogP contribution is -2.28. The molecule has 16 heavy (non-hydrogen) atoms. The number of hydrogen-bond acceptors (Lipinski definition) is 3. The molecule has 1 aromatic rings. The number of aliphatic hydroxyl groups is 1. The number of aromatic nitrogens is 2. The largest absolute Gasteiger partial charge is 0.392 e. The lowest BCUT2D eigenvalue weighted by Gasteiger charge is -2.11. The first kappa shape index (κ1) is 11.6. The fraction of sp³-hybridized carbons (Fsp3) is 0.750. The van der Waals surface area contributed by atoms with Crippen molar-refractivity contribution >= 4 is 0 Å². The van der Waals surface area contributed by atoms with Crippen molar-refractivity contribution < 1.29 is 5.11 Å². The maximum Gasteiger partial charge on any atom is 0.0692 e. The van der Waals surface area contributed by atoms with Crippen molar-refractivity contribution in [3.63, 3.8) is 0 Å². The van der Waals surface area contributed by atoms with Gasteiger partial charge in [-0.05, 0) is 38.7 Å². The first-order valence-electron chi connectivity index (χ1n) is 6.12. The van der Waals surface area contributed by atoms with Crippen LogP contribution in [0, 0.1) is 12.8 Å². The van der Waals surface area contributed by atoms with Gasteiger partial charge in [0.1, 0.15) is 0 Å². The Morgan fingerprint density at radius 3 is 3.00 bits per heavy atom. The Labute approximate surface area is 96.7 Å². The summed E-state index contributed by atoms with van der Waals surface area (Å²) in [6.45, 7) is 6.48. The fourth-order valence-corrected chi connectivity index (χ4v) is 2.01. The molecular weight excluding hydrogens is 202 g/mol. The van der Waals surface area contributed by atoms with Crippen LogP contribution in [0.25, 0.3) is 0 Å². The van der Waals surface area contributed by atoms with E-state index < -0.39 is 0 Å². The van der Waals surface area contributed by atoms with Gasteiger partial charge in [0.15, 0.2) is 0 Å². The molecule has 90 valence electrons. The van der Waals surface area contributed by atoms with Gasteiger partial charge in [-0.15, -0.1) is 0 Å². The minimum atomic E-state index is -0.168. The van der Waals surface area contributed by atoms with Crippen LogP contribution in [0.2, 0.25) is 0 Å². The second-order valence-electron chi connectivity index (χ2n) is 4.63. The Morgan fingerprint density at radius 1 is 1.62 bits per heavy atom. The molecule has 0 saturated heterocycles. The van der Waals surface area contributed by atoms with Crippen LogP contribution in [-0.4, -0.2) is 27.5 Å². The molecule has 0 radical (unpaired) electrons. The van der Waals surface area contributed by atoms with Crippen molar-refractivity contribution in [1.29, 1.82) is 0 Å². The molecule has 0 amide bonds. The predicted octanol–water partition coefficient (Wildman–Crippen LogP) is 1.07. The van der Waals surface area contributed by atoms with Gasteiger partial charge >= 0.3 is 0 Å². The molecule has 1 aliphatic carbocycles. The molecule has 1 unspecified atom stereocenters. The molecule has 0 bridgehead atoms. The zero-order chi connectivity index (χ0) is 11.5. The second kappa shape index (κ2) is 4.97. The topological polar surface area (TPSA) is 50.1 Å². The van der Waals surface area contributed by atoms with Gasteiger partial charge in [0, 0.05) is 19.6 Å². The number of aryl methyl sites for hydroxylation is 2. The summed E-state index contributed by atoms with van der Waals surface area (Å²) >= 11 is 0. The van der Waals surface area contributed by atoms with E-state index in [1.807, 2.05) is 11.6 Å². The van der Waals surface area contributed by atoms with Gasteiger partial charge < -0.3 is 10.4 Å².